The Morgan fingerprint density at radius 2 is 1.32 bits per heavy atom. The Morgan fingerprint density at radius 1 is 0.789 bits per heavy atom. The molecule has 2 aliphatic rings. The highest BCUT2D eigenvalue weighted by Crippen LogP contribution is 2.50. The van der Waals surface area contributed by atoms with Gasteiger partial charge in [-0.1, -0.05) is 19.3 Å². The second-order valence-electron chi connectivity index (χ2n) is 6.06. The highest BCUT2D eigenvalue weighted by atomic mass is 35.5. The van der Waals surface area contributed by atoms with Crippen molar-refractivity contribution in [1.82, 2.24) is 0 Å². The molecule has 0 aromatic rings. The summed E-state index contributed by atoms with van der Waals surface area (Å²) in [6.07, 6.45) is 9.43. The molecule has 5 heteroatoms. The molecular weight excluding hydrogens is 299 g/mol. The molecule has 0 N–H and O–H groups in total. The Balaban J connectivity index is 2.16. The molecule has 0 heterocycles. The largest absolute Gasteiger partial charge is 0.397 e. The van der Waals surface area contributed by atoms with Crippen molar-refractivity contribution >= 4 is 31.8 Å². The van der Waals surface area contributed by atoms with Crippen LogP contribution >= 0.6 is 23.2 Å². The summed E-state index contributed by atoms with van der Waals surface area (Å²) in [4.78, 5) is 0. The molecule has 0 radical (unpaired) electrons. The normalized spacial score (nSPS) is 34.4. The van der Waals surface area contributed by atoms with Gasteiger partial charge in [0.05, 0.1) is 0 Å². The second-order valence-corrected chi connectivity index (χ2v) is 11.2. The molecule has 112 valence electrons. The number of hydrogen-bond donors (Lipinski definition) is 0. The minimum Gasteiger partial charge on any atom is -0.397 e. The van der Waals surface area contributed by atoms with Crippen LogP contribution in [-0.4, -0.2) is 33.5 Å². The summed E-state index contributed by atoms with van der Waals surface area (Å²) in [5.74, 6) is 0. The van der Waals surface area contributed by atoms with Crippen molar-refractivity contribution in [2.45, 2.75) is 73.2 Å². The molecule has 0 amide bonds. The molecule has 2 atom stereocenters. The van der Waals surface area contributed by atoms with Crippen molar-refractivity contribution in [3.8, 4) is 0 Å². The average Bonchev–Trinajstić information content (AvgIpc) is 2.41. The van der Waals surface area contributed by atoms with Gasteiger partial charge in [0.25, 0.3) is 0 Å². The van der Waals surface area contributed by atoms with Crippen molar-refractivity contribution in [2.75, 3.05) is 14.2 Å². The SMILES string of the molecule is CO[Si](OC)(C1CCCCC1)C1CC(Cl)CC(Cl)C1. The maximum absolute atomic E-state index is 6.39. The fraction of sp³-hybridized carbons (Fsp3) is 1.00. The van der Waals surface area contributed by atoms with Crippen LogP contribution in [0.5, 0.6) is 0 Å². The van der Waals surface area contributed by atoms with E-state index in [4.69, 9.17) is 32.1 Å². The molecule has 19 heavy (non-hydrogen) atoms. The number of alkyl halides is 2. The van der Waals surface area contributed by atoms with Crippen LogP contribution < -0.4 is 0 Å². The van der Waals surface area contributed by atoms with Crippen molar-refractivity contribution in [3.63, 3.8) is 0 Å². The van der Waals surface area contributed by atoms with Crippen LogP contribution in [0.1, 0.15) is 51.4 Å². The highest BCUT2D eigenvalue weighted by Gasteiger charge is 2.53. The van der Waals surface area contributed by atoms with E-state index in [0.29, 0.717) is 11.1 Å². The third-order valence-electron chi connectivity index (χ3n) is 4.97. The van der Waals surface area contributed by atoms with Gasteiger partial charge >= 0.3 is 8.56 Å². The van der Waals surface area contributed by atoms with E-state index in [2.05, 4.69) is 0 Å². The zero-order valence-corrected chi connectivity index (χ0v) is 14.6. The minimum absolute atomic E-state index is 0.182. The first-order valence-corrected chi connectivity index (χ1v) is 10.3. The quantitative estimate of drug-likeness (QED) is 0.545. The molecule has 2 unspecified atom stereocenters. The molecule has 0 bridgehead atoms. The summed E-state index contributed by atoms with van der Waals surface area (Å²) in [6.45, 7) is 0. The topological polar surface area (TPSA) is 18.5 Å². The molecule has 2 saturated carbocycles. The molecule has 0 spiro atoms. The highest BCUT2D eigenvalue weighted by molar-refractivity contribution is 6.70. The third kappa shape index (κ3) is 3.49. The summed E-state index contributed by atoms with van der Waals surface area (Å²) in [7, 11) is 1.48. The number of hydrogen-bond acceptors (Lipinski definition) is 2. The zero-order chi connectivity index (χ0) is 13.9. The molecule has 0 aromatic carbocycles. The summed E-state index contributed by atoms with van der Waals surface area (Å²) < 4.78 is 12.1. The van der Waals surface area contributed by atoms with E-state index in [1.54, 1.807) is 0 Å². The van der Waals surface area contributed by atoms with E-state index < -0.39 is 8.56 Å². The van der Waals surface area contributed by atoms with Crippen molar-refractivity contribution < 1.29 is 8.85 Å². The van der Waals surface area contributed by atoms with Gasteiger partial charge in [-0.05, 0) is 32.1 Å². The van der Waals surface area contributed by atoms with E-state index in [0.717, 1.165) is 19.3 Å². The van der Waals surface area contributed by atoms with Gasteiger partial charge in [0.15, 0.2) is 0 Å². The Bertz CT molecular complexity index is 271. The van der Waals surface area contributed by atoms with Crippen LogP contribution in [0.3, 0.4) is 0 Å². The maximum Gasteiger partial charge on any atom is 0.344 e. The number of rotatable bonds is 4. The van der Waals surface area contributed by atoms with Gasteiger partial charge in [-0.25, -0.2) is 0 Å². The third-order valence-corrected chi connectivity index (χ3v) is 10.3. The lowest BCUT2D eigenvalue weighted by Crippen LogP contribution is -2.52. The lowest BCUT2D eigenvalue weighted by atomic mass is 9.98. The molecule has 0 saturated heterocycles. The van der Waals surface area contributed by atoms with Crippen LogP contribution in [-0.2, 0) is 8.85 Å². The van der Waals surface area contributed by atoms with Gasteiger partial charge in [-0.15, -0.1) is 23.2 Å². The minimum atomic E-state index is -2.19. The lowest BCUT2D eigenvalue weighted by Gasteiger charge is -2.45. The summed E-state index contributed by atoms with van der Waals surface area (Å²) in [5, 5.41) is 0.365. The van der Waals surface area contributed by atoms with Gasteiger partial charge in [-0.3, -0.25) is 0 Å². The molecule has 2 fully saturated rings. The Hall–Kier alpha value is 0.717. The molecule has 0 aromatic heterocycles. The monoisotopic (exact) mass is 324 g/mol. The van der Waals surface area contributed by atoms with Gasteiger partial charge in [-0.2, -0.15) is 0 Å². The predicted octanol–water partition coefficient (Wildman–Crippen LogP) is 4.82. The van der Waals surface area contributed by atoms with Crippen LogP contribution in [0, 0.1) is 0 Å². The fourth-order valence-corrected chi connectivity index (χ4v) is 9.96. The first-order chi connectivity index (χ1) is 9.12. The van der Waals surface area contributed by atoms with E-state index in [9.17, 15) is 0 Å². The van der Waals surface area contributed by atoms with Gasteiger partial charge < -0.3 is 8.85 Å². The van der Waals surface area contributed by atoms with Crippen LogP contribution in [0.15, 0.2) is 0 Å². The molecule has 2 rings (SSSR count). The molecule has 2 aliphatic carbocycles. The van der Waals surface area contributed by atoms with Crippen LogP contribution in [0.25, 0.3) is 0 Å². The van der Waals surface area contributed by atoms with E-state index in [1.807, 2.05) is 14.2 Å². The van der Waals surface area contributed by atoms with Gasteiger partial charge in [0, 0.05) is 36.1 Å². The summed E-state index contributed by atoms with van der Waals surface area (Å²) >= 11 is 12.8. The first kappa shape index (κ1) is 16.1. The number of halogens is 2. The summed E-state index contributed by atoms with van der Waals surface area (Å²) in [5.41, 5.74) is 1.07. The zero-order valence-electron chi connectivity index (χ0n) is 12.0. The fourth-order valence-electron chi connectivity index (χ4n) is 4.10. The van der Waals surface area contributed by atoms with Gasteiger partial charge in [0.2, 0.25) is 0 Å². The maximum atomic E-state index is 6.39. The first-order valence-electron chi connectivity index (χ1n) is 7.50. The summed E-state index contributed by atoms with van der Waals surface area (Å²) in [6, 6.07) is 0. The second kappa shape index (κ2) is 7.12. The lowest BCUT2D eigenvalue weighted by molar-refractivity contribution is 0.194. The standard InChI is InChI=1S/C14H26Cl2O2Si/c1-17-19(18-2,13-6-4-3-5-7-13)14-9-11(15)8-12(16)10-14/h11-14H,3-10H2,1-2H3. The average molecular weight is 325 g/mol. The Morgan fingerprint density at radius 3 is 1.79 bits per heavy atom. The van der Waals surface area contributed by atoms with E-state index in [-0.39, 0.29) is 10.8 Å². The smallest absolute Gasteiger partial charge is 0.344 e. The predicted molar refractivity (Wildman–Crippen MR) is 83.5 cm³/mol. The van der Waals surface area contributed by atoms with E-state index in [1.165, 1.54) is 32.1 Å². The van der Waals surface area contributed by atoms with Crippen molar-refractivity contribution in [1.29, 1.82) is 0 Å². The van der Waals surface area contributed by atoms with Crippen molar-refractivity contribution in [2.24, 2.45) is 0 Å². The van der Waals surface area contributed by atoms with Crippen LogP contribution in [0.2, 0.25) is 11.1 Å². The van der Waals surface area contributed by atoms with Crippen LogP contribution in [0.4, 0.5) is 0 Å². The van der Waals surface area contributed by atoms with E-state index >= 15 is 0 Å². The Labute approximate surface area is 128 Å². The molecule has 0 aliphatic heterocycles. The van der Waals surface area contributed by atoms with Crippen molar-refractivity contribution in [3.05, 3.63) is 0 Å². The van der Waals surface area contributed by atoms with Gasteiger partial charge in [0.1, 0.15) is 0 Å². The molecular formula is C14H26Cl2O2Si. The molecule has 2 nitrogen and oxygen atoms in total. The Kier molecular flexibility index (Phi) is 6.03.